The molecule has 0 unspecified atom stereocenters. The fourth-order valence-corrected chi connectivity index (χ4v) is 2.34. The van der Waals surface area contributed by atoms with E-state index in [1.165, 1.54) is 0 Å². The third-order valence-corrected chi connectivity index (χ3v) is 3.37. The van der Waals surface area contributed by atoms with Gasteiger partial charge in [-0.3, -0.25) is 0 Å². The van der Waals surface area contributed by atoms with Crippen LogP contribution in [0.1, 0.15) is 16.2 Å². The highest BCUT2D eigenvalue weighted by Crippen LogP contribution is 2.16. The van der Waals surface area contributed by atoms with Crippen LogP contribution in [-0.2, 0) is 11.3 Å². The molecular weight excluding hydrogens is 263 g/mol. The molecule has 0 fully saturated rings. The number of rotatable bonds is 4. The monoisotopic (exact) mass is 278 g/mol. The smallest absolute Gasteiger partial charge is 0.373 e. The van der Waals surface area contributed by atoms with Crippen molar-refractivity contribution >= 4 is 24.4 Å². The van der Waals surface area contributed by atoms with Crippen LogP contribution in [0.3, 0.4) is 0 Å². The first-order valence-corrected chi connectivity index (χ1v) is 6.96. The normalized spacial score (nSPS) is 10.5. The summed E-state index contributed by atoms with van der Waals surface area (Å²) in [7, 11) is 0.677. The van der Waals surface area contributed by atoms with Gasteiger partial charge in [-0.05, 0) is 17.7 Å². The number of hydrogen-bond acceptors (Lipinski definition) is 3. The van der Waals surface area contributed by atoms with Crippen LogP contribution in [0.15, 0.2) is 54.6 Å². The number of aromatic nitrogens is 2. The number of benzene rings is 2. The molecule has 5 heteroatoms. The Morgan fingerprint density at radius 2 is 1.86 bits per heavy atom. The summed E-state index contributed by atoms with van der Waals surface area (Å²) in [6.07, 6.45) is 0. The van der Waals surface area contributed by atoms with Gasteiger partial charge >= 0.3 is 5.97 Å². The zero-order valence-electron chi connectivity index (χ0n) is 11.8. The molecule has 4 nitrogen and oxygen atoms in total. The van der Waals surface area contributed by atoms with Crippen molar-refractivity contribution in [1.82, 2.24) is 9.46 Å². The second-order valence-electron chi connectivity index (χ2n) is 4.73. The van der Waals surface area contributed by atoms with Crippen molar-refractivity contribution in [3.63, 3.8) is 0 Å². The van der Waals surface area contributed by atoms with Crippen molar-refractivity contribution in [2.24, 2.45) is 0 Å². The Labute approximate surface area is 123 Å². The molecule has 3 aromatic rings. The Hall–Kier alpha value is -2.56. The molecule has 0 atom stereocenters. The molecule has 104 valence electrons. The number of esters is 1. The first-order valence-electron chi connectivity index (χ1n) is 6.96. The molecular formula is C16H15BN2O2. The van der Waals surface area contributed by atoms with E-state index >= 15 is 0 Å². The molecule has 1 heterocycles. The maximum Gasteiger partial charge on any atom is 0.373 e. The molecule has 0 saturated heterocycles. The Balaban J connectivity index is 1.84. The molecule has 3 rings (SSSR count). The highest BCUT2D eigenvalue weighted by molar-refractivity contribution is 6.34. The van der Waals surface area contributed by atoms with Gasteiger partial charge in [-0.15, -0.1) is 0 Å². The number of nitrogens with zero attached hydrogens (tertiary/aromatic N) is 2. The molecule has 0 N–H and O–H groups in total. The van der Waals surface area contributed by atoms with Gasteiger partial charge in [-0.2, -0.15) is 0 Å². The van der Waals surface area contributed by atoms with Gasteiger partial charge in [0.05, 0.1) is 11.0 Å². The largest absolute Gasteiger partial charge is 0.455 e. The quantitative estimate of drug-likeness (QED) is 0.544. The Morgan fingerprint density at radius 1 is 1.14 bits per heavy atom. The van der Waals surface area contributed by atoms with Crippen molar-refractivity contribution < 1.29 is 9.53 Å². The van der Waals surface area contributed by atoms with Crippen molar-refractivity contribution in [3.05, 3.63) is 66.0 Å². The van der Waals surface area contributed by atoms with Crippen LogP contribution in [0.4, 0.5) is 0 Å². The molecule has 0 radical (unpaired) electrons. The number of hydrogen-bond donors (Lipinski definition) is 0. The Kier molecular flexibility index (Phi) is 3.73. The summed E-state index contributed by atoms with van der Waals surface area (Å²) in [6, 6.07) is 17.3. The summed E-state index contributed by atoms with van der Waals surface area (Å²) in [6.45, 7) is 2.24. The third kappa shape index (κ3) is 2.67. The molecule has 0 saturated carbocycles. The predicted octanol–water partition coefficient (Wildman–Crippen LogP) is 2.64. The minimum Gasteiger partial charge on any atom is -0.455 e. The van der Waals surface area contributed by atoms with Gasteiger partial charge in [0, 0.05) is 0 Å². The minimum absolute atomic E-state index is 0.257. The van der Waals surface area contributed by atoms with Crippen molar-refractivity contribution in [2.45, 2.75) is 13.4 Å². The Bertz CT molecular complexity index is 768. The van der Waals surface area contributed by atoms with E-state index in [4.69, 9.17) is 4.74 Å². The highest BCUT2D eigenvalue weighted by Gasteiger charge is 2.17. The molecule has 2 aromatic carbocycles. The SMILES string of the molecule is CBn1c(C(=O)OCc2ccccc2)nc2ccccc21. The van der Waals surface area contributed by atoms with E-state index in [0.717, 1.165) is 16.6 Å². The highest BCUT2D eigenvalue weighted by atomic mass is 16.5. The van der Waals surface area contributed by atoms with E-state index in [2.05, 4.69) is 4.98 Å². The third-order valence-electron chi connectivity index (χ3n) is 3.37. The topological polar surface area (TPSA) is 44.1 Å². The molecule has 0 aliphatic heterocycles. The fraction of sp³-hybridized carbons (Fsp3) is 0.125. The number of imidazole rings is 1. The van der Waals surface area contributed by atoms with E-state index in [1.807, 2.05) is 65.9 Å². The molecule has 0 spiro atoms. The number of carbonyl (C=O) groups is 1. The molecule has 0 bridgehead atoms. The van der Waals surface area contributed by atoms with Crippen LogP contribution in [0.2, 0.25) is 6.82 Å². The zero-order chi connectivity index (χ0) is 14.7. The zero-order valence-corrected chi connectivity index (χ0v) is 11.8. The average molecular weight is 278 g/mol. The molecule has 1 aromatic heterocycles. The van der Waals surface area contributed by atoms with Crippen LogP contribution < -0.4 is 0 Å². The second kappa shape index (κ2) is 5.83. The van der Waals surface area contributed by atoms with E-state index < -0.39 is 5.97 Å². The van der Waals surface area contributed by atoms with Crippen LogP contribution in [0, 0.1) is 0 Å². The van der Waals surface area contributed by atoms with Crippen LogP contribution in [-0.4, -0.2) is 22.8 Å². The van der Waals surface area contributed by atoms with Crippen molar-refractivity contribution in [3.8, 4) is 0 Å². The van der Waals surface area contributed by atoms with Gasteiger partial charge in [0.15, 0.2) is 0 Å². The van der Waals surface area contributed by atoms with Gasteiger partial charge in [0.2, 0.25) is 13.2 Å². The number of fused-ring (bicyclic) bond motifs is 1. The van der Waals surface area contributed by atoms with E-state index in [9.17, 15) is 4.79 Å². The number of para-hydroxylation sites is 2. The van der Waals surface area contributed by atoms with Gasteiger partial charge in [-0.25, -0.2) is 9.78 Å². The fourth-order valence-electron chi connectivity index (χ4n) is 2.34. The molecule has 0 amide bonds. The summed E-state index contributed by atoms with van der Waals surface area (Å²) < 4.78 is 7.24. The lowest BCUT2D eigenvalue weighted by Gasteiger charge is -2.06. The maximum atomic E-state index is 12.3. The first-order chi connectivity index (χ1) is 10.3. The standard InChI is InChI=1S/C16H15BN2O2/c1-17-19-14-10-6-5-9-13(14)18-15(19)16(20)21-11-12-7-3-2-4-8-12/h2-10,17H,11H2,1H3. The van der Waals surface area contributed by atoms with Crippen LogP contribution in [0.25, 0.3) is 11.0 Å². The predicted molar refractivity (Wildman–Crippen MR) is 83.7 cm³/mol. The summed E-state index contributed by atoms with van der Waals surface area (Å²) >= 11 is 0. The first kappa shape index (κ1) is 13.4. The summed E-state index contributed by atoms with van der Waals surface area (Å²) in [5.74, 6) is -0.0356. The number of ether oxygens (including phenoxy) is 1. The van der Waals surface area contributed by atoms with Gasteiger partial charge in [0.1, 0.15) is 6.61 Å². The van der Waals surface area contributed by atoms with Crippen LogP contribution in [0.5, 0.6) is 0 Å². The van der Waals surface area contributed by atoms with E-state index in [0.29, 0.717) is 13.2 Å². The van der Waals surface area contributed by atoms with E-state index in [-0.39, 0.29) is 6.61 Å². The van der Waals surface area contributed by atoms with Gasteiger partial charge in [-0.1, -0.05) is 49.3 Å². The maximum absolute atomic E-state index is 12.3. The number of carbonyl (C=O) groups excluding carboxylic acids is 1. The van der Waals surface area contributed by atoms with Gasteiger partial charge in [0.25, 0.3) is 0 Å². The average Bonchev–Trinajstić information content (AvgIpc) is 2.92. The van der Waals surface area contributed by atoms with Crippen molar-refractivity contribution in [1.29, 1.82) is 0 Å². The van der Waals surface area contributed by atoms with E-state index in [1.54, 1.807) is 0 Å². The van der Waals surface area contributed by atoms with Crippen molar-refractivity contribution in [2.75, 3.05) is 0 Å². The second-order valence-corrected chi connectivity index (χ2v) is 4.73. The van der Waals surface area contributed by atoms with Gasteiger partial charge < -0.3 is 9.21 Å². The minimum atomic E-state index is -0.392. The lowest BCUT2D eigenvalue weighted by molar-refractivity contribution is 0.0458. The summed E-state index contributed by atoms with van der Waals surface area (Å²) in [4.78, 5) is 16.6. The van der Waals surface area contributed by atoms with Crippen LogP contribution >= 0.6 is 0 Å². The summed E-state index contributed by atoms with van der Waals surface area (Å²) in [5.41, 5.74) is 2.72. The molecule has 0 aliphatic carbocycles. The molecule has 0 aliphatic rings. The Morgan fingerprint density at radius 3 is 2.62 bits per heavy atom. The molecule has 21 heavy (non-hydrogen) atoms. The summed E-state index contributed by atoms with van der Waals surface area (Å²) in [5, 5.41) is 0. The lowest BCUT2D eigenvalue weighted by atomic mass is 9.98. The lowest BCUT2D eigenvalue weighted by Crippen LogP contribution is -2.15.